The highest BCUT2D eigenvalue weighted by atomic mass is 16.5. The Kier molecular flexibility index (Phi) is 8.05. The van der Waals surface area contributed by atoms with Crippen LogP contribution in [0.2, 0.25) is 0 Å². The highest BCUT2D eigenvalue weighted by molar-refractivity contribution is 6.08. The van der Waals surface area contributed by atoms with E-state index < -0.39 is 0 Å². The van der Waals surface area contributed by atoms with E-state index in [1.807, 2.05) is 56.3 Å². The number of hydrogen-bond donors (Lipinski definition) is 2. The summed E-state index contributed by atoms with van der Waals surface area (Å²) >= 11 is 0. The van der Waals surface area contributed by atoms with Gasteiger partial charge >= 0.3 is 0 Å². The number of nitrogens with one attached hydrogen (secondary N) is 2. The van der Waals surface area contributed by atoms with Crippen LogP contribution in [0, 0.1) is 6.92 Å². The lowest BCUT2D eigenvalue weighted by Gasteiger charge is -2.14. The minimum absolute atomic E-state index is 0.251. The second-order valence-corrected chi connectivity index (χ2v) is 7.75. The van der Waals surface area contributed by atoms with Crippen molar-refractivity contribution in [3.05, 3.63) is 83.4 Å². The van der Waals surface area contributed by atoms with E-state index in [-0.39, 0.29) is 11.8 Å². The second kappa shape index (κ2) is 11.2. The number of amides is 2. The number of nitrogens with zero attached hydrogens (tertiary/aromatic N) is 1. The van der Waals surface area contributed by atoms with Crippen molar-refractivity contribution >= 4 is 28.9 Å². The molecule has 0 fully saturated rings. The van der Waals surface area contributed by atoms with Crippen LogP contribution in [0.3, 0.4) is 0 Å². The zero-order valence-electron chi connectivity index (χ0n) is 19.3. The molecule has 3 aromatic rings. The summed E-state index contributed by atoms with van der Waals surface area (Å²) in [5, 5.41) is 5.81. The van der Waals surface area contributed by atoms with Gasteiger partial charge in [0.2, 0.25) is 0 Å². The predicted molar refractivity (Wildman–Crippen MR) is 132 cm³/mol. The molecule has 0 atom stereocenters. The highest BCUT2D eigenvalue weighted by Gasteiger charge is 2.12. The molecule has 0 heterocycles. The molecule has 0 unspecified atom stereocenters. The summed E-state index contributed by atoms with van der Waals surface area (Å²) in [6.45, 7) is 2.81. The van der Waals surface area contributed by atoms with Gasteiger partial charge in [0.05, 0.1) is 6.61 Å². The first-order chi connectivity index (χ1) is 15.9. The summed E-state index contributed by atoms with van der Waals surface area (Å²) in [4.78, 5) is 27.5. The van der Waals surface area contributed by atoms with Gasteiger partial charge in [0, 0.05) is 49.4 Å². The van der Waals surface area contributed by atoms with Crippen molar-refractivity contribution in [3.63, 3.8) is 0 Å². The van der Waals surface area contributed by atoms with Crippen molar-refractivity contribution < 1.29 is 19.1 Å². The van der Waals surface area contributed by atoms with Gasteiger partial charge in [0.25, 0.3) is 11.8 Å². The molecule has 0 bridgehead atoms. The monoisotopic (exact) mass is 447 g/mol. The van der Waals surface area contributed by atoms with Gasteiger partial charge in [-0.25, -0.2) is 0 Å². The van der Waals surface area contributed by atoms with Crippen LogP contribution >= 0.6 is 0 Å². The van der Waals surface area contributed by atoms with E-state index in [2.05, 4.69) is 10.6 Å². The molecular formula is C26H29N3O4. The lowest BCUT2D eigenvalue weighted by molar-refractivity contribution is 0.101. The van der Waals surface area contributed by atoms with E-state index >= 15 is 0 Å². The largest absolute Gasteiger partial charge is 0.491 e. The average molecular weight is 448 g/mol. The Morgan fingerprint density at radius 1 is 0.848 bits per heavy atom. The number of carbonyl (C=O) groups is 2. The molecule has 0 radical (unpaired) electrons. The maximum atomic E-state index is 12.8. The summed E-state index contributed by atoms with van der Waals surface area (Å²) in [6.07, 6.45) is 0. The topological polar surface area (TPSA) is 79.9 Å². The first kappa shape index (κ1) is 23.8. The Morgan fingerprint density at radius 3 is 2.24 bits per heavy atom. The number of anilines is 3. The summed E-state index contributed by atoms with van der Waals surface area (Å²) in [5.41, 5.74) is 4.06. The SMILES string of the molecule is COCCOc1ccc(C(=O)Nc2cc(C(=O)Nc3cccc(N(C)C)c3)ccc2C)cc1. The van der Waals surface area contributed by atoms with Crippen molar-refractivity contribution in [2.75, 3.05) is 50.0 Å². The minimum Gasteiger partial charge on any atom is -0.491 e. The third-order valence-electron chi connectivity index (χ3n) is 5.04. The van der Waals surface area contributed by atoms with Crippen LogP contribution in [0.5, 0.6) is 5.75 Å². The number of methoxy groups -OCH3 is 1. The van der Waals surface area contributed by atoms with Crippen LogP contribution in [-0.4, -0.2) is 46.2 Å². The van der Waals surface area contributed by atoms with Crippen molar-refractivity contribution in [2.45, 2.75) is 6.92 Å². The molecule has 3 rings (SSSR count). The fourth-order valence-corrected chi connectivity index (χ4v) is 3.10. The molecule has 0 saturated heterocycles. The number of carbonyl (C=O) groups excluding carboxylic acids is 2. The Bertz CT molecular complexity index is 1110. The summed E-state index contributed by atoms with van der Waals surface area (Å²) in [5.74, 6) is 0.147. The van der Waals surface area contributed by atoms with E-state index in [0.717, 1.165) is 11.3 Å². The van der Waals surface area contributed by atoms with Gasteiger partial charge in [-0.1, -0.05) is 12.1 Å². The Hall–Kier alpha value is -3.84. The van der Waals surface area contributed by atoms with Gasteiger partial charge in [-0.2, -0.15) is 0 Å². The maximum Gasteiger partial charge on any atom is 0.255 e. The number of benzene rings is 3. The summed E-state index contributed by atoms with van der Waals surface area (Å²) < 4.78 is 10.5. The maximum absolute atomic E-state index is 12.8. The van der Waals surface area contributed by atoms with Crippen molar-refractivity contribution in [3.8, 4) is 5.75 Å². The van der Waals surface area contributed by atoms with Gasteiger partial charge in [0.15, 0.2) is 0 Å². The van der Waals surface area contributed by atoms with E-state index in [1.165, 1.54) is 0 Å². The van der Waals surface area contributed by atoms with Gasteiger partial charge in [-0.3, -0.25) is 9.59 Å². The second-order valence-electron chi connectivity index (χ2n) is 7.75. The molecule has 7 nitrogen and oxygen atoms in total. The van der Waals surface area contributed by atoms with Crippen molar-refractivity contribution in [2.24, 2.45) is 0 Å². The highest BCUT2D eigenvalue weighted by Crippen LogP contribution is 2.22. The Labute approximate surface area is 194 Å². The van der Waals surface area contributed by atoms with Crippen LogP contribution in [0.15, 0.2) is 66.7 Å². The van der Waals surface area contributed by atoms with Crippen LogP contribution in [0.1, 0.15) is 26.3 Å². The minimum atomic E-state index is -0.266. The van der Waals surface area contributed by atoms with Gasteiger partial charge in [0.1, 0.15) is 12.4 Å². The van der Waals surface area contributed by atoms with Gasteiger partial charge < -0.3 is 25.0 Å². The van der Waals surface area contributed by atoms with E-state index in [0.29, 0.717) is 41.5 Å². The number of aryl methyl sites for hydroxylation is 1. The van der Waals surface area contributed by atoms with Crippen LogP contribution < -0.4 is 20.3 Å². The fraction of sp³-hybridized carbons (Fsp3) is 0.231. The molecule has 0 aromatic heterocycles. The van der Waals surface area contributed by atoms with Crippen LogP contribution in [-0.2, 0) is 4.74 Å². The number of hydrogen-bond acceptors (Lipinski definition) is 5. The first-order valence-corrected chi connectivity index (χ1v) is 10.6. The average Bonchev–Trinajstić information content (AvgIpc) is 2.81. The van der Waals surface area contributed by atoms with Crippen molar-refractivity contribution in [1.82, 2.24) is 0 Å². The van der Waals surface area contributed by atoms with Gasteiger partial charge in [-0.15, -0.1) is 0 Å². The lowest BCUT2D eigenvalue weighted by atomic mass is 10.1. The molecule has 33 heavy (non-hydrogen) atoms. The van der Waals surface area contributed by atoms with E-state index in [1.54, 1.807) is 43.5 Å². The zero-order chi connectivity index (χ0) is 23.8. The predicted octanol–water partition coefficient (Wildman–Crippen LogP) is 4.59. The third-order valence-corrected chi connectivity index (χ3v) is 5.04. The molecule has 0 spiro atoms. The molecule has 2 amide bonds. The molecule has 2 N–H and O–H groups in total. The molecule has 7 heteroatoms. The van der Waals surface area contributed by atoms with E-state index in [9.17, 15) is 9.59 Å². The number of rotatable bonds is 9. The standard InChI is InChI=1S/C26H29N3O4/c1-18-8-9-20(26(31)27-21-6-5-7-22(17-21)29(2)3)16-24(18)28-25(30)19-10-12-23(13-11-19)33-15-14-32-4/h5-13,16-17H,14-15H2,1-4H3,(H,27,31)(H,28,30). The summed E-state index contributed by atoms with van der Waals surface area (Å²) in [6, 6.07) is 19.7. The molecule has 0 saturated carbocycles. The normalized spacial score (nSPS) is 10.4. The van der Waals surface area contributed by atoms with Crippen molar-refractivity contribution in [1.29, 1.82) is 0 Å². The Balaban J connectivity index is 1.69. The first-order valence-electron chi connectivity index (χ1n) is 10.6. The Morgan fingerprint density at radius 2 is 1.55 bits per heavy atom. The third kappa shape index (κ3) is 6.57. The molecular weight excluding hydrogens is 418 g/mol. The molecule has 3 aromatic carbocycles. The smallest absolute Gasteiger partial charge is 0.255 e. The molecule has 0 aliphatic rings. The van der Waals surface area contributed by atoms with Crippen LogP contribution in [0.25, 0.3) is 0 Å². The summed E-state index contributed by atoms with van der Waals surface area (Å²) in [7, 11) is 5.50. The van der Waals surface area contributed by atoms with Crippen LogP contribution in [0.4, 0.5) is 17.1 Å². The fourth-order valence-electron chi connectivity index (χ4n) is 3.10. The molecule has 172 valence electrons. The quantitative estimate of drug-likeness (QED) is 0.469. The van der Waals surface area contributed by atoms with Gasteiger partial charge in [-0.05, 0) is 67.1 Å². The lowest BCUT2D eigenvalue weighted by Crippen LogP contribution is -2.16. The molecule has 0 aliphatic carbocycles. The van der Waals surface area contributed by atoms with E-state index in [4.69, 9.17) is 9.47 Å². The molecule has 0 aliphatic heterocycles. The number of ether oxygens (including phenoxy) is 2. The zero-order valence-corrected chi connectivity index (χ0v) is 19.3.